The van der Waals surface area contributed by atoms with Gasteiger partial charge in [-0.3, -0.25) is 4.98 Å². The molecule has 0 fully saturated rings. The van der Waals surface area contributed by atoms with Gasteiger partial charge in [0.15, 0.2) is 5.84 Å². The SMILES string of the molecule is NC(=NO)c1cc(CNc2ccc(I)cc2)ccn1. The summed E-state index contributed by atoms with van der Waals surface area (Å²) in [4.78, 5) is 4.03. The van der Waals surface area contributed by atoms with Crippen LogP contribution in [0.15, 0.2) is 47.8 Å². The lowest BCUT2D eigenvalue weighted by atomic mass is 10.2. The van der Waals surface area contributed by atoms with Crippen molar-refractivity contribution in [2.75, 3.05) is 5.32 Å². The Morgan fingerprint density at radius 3 is 2.74 bits per heavy atom. The minimum atomic E-state index is 0.0103. The smallest absolute Gasteiger partial charge is 0.188 e. The Morgan fingerprint density at radius 1 is 1.32 bits per heavy atom. The highest BCUT2D eigenvalue weighted by Crippen LogP contribution is 2.12. The molecule has 0 radical (unpaired) electrons. The first-order valence-corrected chi connectivity index (χ1v) is 6.69. The highest BCUT2D eigenvalue weighted by atomic mass is 127. The van der Waals surface area contributed by atoms with E-state index >= 15 is 0 Å². The Hall–Kier alpha value is -1.83. The number of nitrogens with zero attached hydrogens (tertiary/aromatic N) is 2. The Bertz CT molecular complexity index is 583. The predicted octanol–water partition coefficient (Wildman–Crippen LogP) is 2.39. The Kier molecular flexibility index (Phi) is 4.56. The maximum absolute atomic E-state index is 8.62. The third-order valence-corrected chi connectivity index (χ3v) is 3.25. The van der Waals surface area contributed by atoms with E-state index in [-0.39, 0.29) is 5.84 Å². The molecule has 5 nitrogen and oxygen atoms in total. The molecular weight excluding hydrogens is 355 g/mol. The van der Waals surface area contributed by atoms with E-state index in [2.05, 4.69) is 38.0 Å². The van der Waals surface area contributed by atoms with Crippen molar-refractivity contribution in [2.24, 2.45) is 10.9 Å². The molecule has 6 heteroatoms. The van der Waals surface area contributed by atoms with Crippen LogP contribution in [0.3, 0.4) is 0 Å². The van der Waals surface area contributed by atoms with Crippen LogP contribution in [0.25, 0.3) is 0 Å². The second kappa shape index (κ2) is 6.37. The summed E-state index contributed by atoms with van der Waals surface area (Å²) in [6, 6.07) is 11.8. The molecule has 0 atom stereocenters. The zero-order valence-electron chi connectivity index (χ0n) is 10.0. The van der Waals surface area contributed by atoms with Gasteiger partial charge in [0.1, 0.15) is 5.69 Å². The molecule has 0 aliphatic rings. The first kappa shape index (κ1) is 13.6. The summed E-state index contributed by atoms with van der Waals surface area (Å²) in [6.07, 6.45) is 1.64. The highest BCUT2D eigenvalue weighted by Gasteiger charge is 2.02. The molecule has 4 N–H and O–H groups in total. The van der Waals surface area contributed by atoms with Crippen LogP contribution in [0, 0.1) is 3.57 Å². The molecule has 0 aliphatic heterocycles. The number of hydrogen-bond acceptors (Lipinski definition) is 4. The van der Waals surface area contributed by atoms with E-state index in [0.29, 0.717) is 12.2 Å². The van der Waals surface area contributed by atoms with E-state index in [1.165, 1.54) is 3.57 Å². The van der Waals surface area contributed by atoms with E-state index in [1.54, 1.807) is 12.3 Å². The molecule has 2 aromatic rings. The number of oxime groups is 1. The first-order valence-electron chi connectivity index (χ1n) is 5.61. The Balaban J connectivity index is 2.05. The van der Waals surface area contributed by atoms with Crippen molar-refractivity contribution >= 4 is 34.1 Å². The number of benzene rings is 1. The fraction of sp³-hybridized carbons (Fsp3) is 0.0769. The molecule has 0 unspecified atom stereocenters. The maximum Gasteiger partial charge on any atom is 0.188 e. The molecule has 0 saturated heterocycles. The second-order valence-electron chi connectivity index (χ2n) is 3.90. The van der Waals surface area contributed by atoms with Gasteiger partial charge in [0.05, 0.1) is 0 Å². The Labute approximate surface area is 124 Å². The minimum Gasteiger partial charge on any atom is -0.409 e. The molecular formula is C13H13IN4O. The van der Waals surface area contributed by atoms with Gasteiger partial charge in [-0.25, -0.2) is 0 Å². The van der Waals surface area contributed by atoms with Gasteiger partial charge in [-0.1, -0.05) is 5.16 Å². The van der Waals surface area contributed by atoms with E-state index in [0.717, 1.165) is 11.3 Å². The monoisotopic (exact) mass is 368 g/mol. The summed E-state index contributed by atoms with van der Waals surface area (Å²) in [6.45, 7) is 0.648. The molecule has 0 saturated carbocycles. The van der Waals surface area contributed by atoms with Crippen LogP contribution in [0.4, 0.5) is 5.69 Å². The fourth-order valence-corrected chi connectivity index (χ4v) is 1.91. The van der Waals surface area contributed by atoms with Gasteiger partial charge in [0, 0.05) is 22.0 Å². The largest absolute Gasteiger partial charge is 0.409 e. The quantitative estimate of drug-likeness (QED) is 0.254. The van der Waals surface area contributed by atoms with E-state index in [4.69, 9.17) is 10.9 Å². The number of nitrogens with two attached hydrogens (primary N) is 1. The number of halogens is 1. The van der Waals surface area contributed by atoms with Crippen molar-refractivity contribution in [1.29, 1.82) is 0 Å². The van der Waals surface area contributed by atoms with E-state index in [1.807, 2.05) is 30.3 Å². The van der Waals surface area contributed by atoms with Gasteiger partial charge >= 0.3 is 0 Å². The van der Waals surface area contributed by atoms with Crippen LogP contribution in [-0.4, -0.2) is 16.0 Å². The standard InChI is InChI=1S/C13H13IN4O/c14-10-1-3-11(4-2-10)17-8-9-5-6-16-12(7-9)13(15)18-19/h1-7,17,19H,8H2,(H2,15,18). The molecule has 1 aromatic carbocycles. The van der Waals surface area contributed by atoms with Crippen molar-refractivity contribution < 1.29 is 5.21 Å². The van der Waals surface area contributed by atoms with Crippen molar-refractivity contribution in [3.63, 3.8) is 0 Å². The van der Waals surface area contributed by atoms with Crippen molar-refractivity contribution in [3.8, 4) is 0 Å². The number of amidine groups is 1. The zero-order valence-corrected chi connectivity index (χ0v) is 12.2. The first-order chi connectivity index (χ1) is 9.19. The average Bonchev–Trinajstić information content (AvgIpc) is 2.46. The number of nitrogens with one attached hydrogen (secondary N) is 1. The van der Waals surface area contributed by atoms with Gasteiger partial charge < -0.3 is 16.3 Å². The van der Waals surface area contributed by atoms with Gasteiger partial charge in [-0.2, -0.15) is 0 Å². The summed E-state index contributed by atoms with van der Waals surface area (Å²) in [5.74, 6) is 0.0103. The number of rotatable bonds is 4. The lowest BCUT2D eigenvalue weighted by Gasteiger charge is -2.07. The topological polar surface area (TPSA) is 83.5 Å². The number of aromatic nitrogens is 1. The van der Waals surface area contributed by atoms with Gasteiger partial charge in [0.25, 0.3) is 0 Å². The summed E-state index contributed by atoms with van der Waals surface area (Å²) >= 11 is 2.27. The minimum absolute atomic E-state index is 0.0103. The average molecular weight is 368 g/mol. The van der Waals surface area contributed by atoms with Gasteiger partial charge in [0.2, 0.25) is 0 Å². The second-order valence-corrected chi connectivity index (χ2v) is 5.14. The number of anilines is 1. The Morgan fingerprint density at radius 2 is 2.05 bits per heavy atom. The van der Waals surface area contributed by atoms with Crippen LogP contribution >= 0.6 is 22.6 Å². The molecule has 1 heterocycles. The molecule has 19 heavy (non-hydrogen) atoms. The third-order valence-electron chi connectivity index (χ3n) is 2.54. The van der Waals surface area contributed by atoms with Crippen LogP contribution < -0.4 is 11.1 Å². The highest BCUT2D eigenvalue weighted by molar-refractivity contribution is 14.1. The molecule has 0 bridgehead atoms. The van der Waals surface area contributed by atoms with Crippen LogP contribution in [0.2, 0.25) is 0 Å². The molecule has 98 valence electrons. The molecule has 0 aliphatic carbocycles. The lowest BCUT2D eigenvalue weighted by Crippen LogP contribution is -2.15. The zero-order chi connectivity index (χ0) is 13.7. The van der Waals surface area contributed by atoms with E-state index in [9.17, 15) is 0 Å². The molecule has 0 amide bonds. The fourth-order valence-electron chi connectivity index (χ4n) is 1.55. The van der Waals surface area contributed by atoms with Crippen LogP contribution in [0.5, 0.6) is 0 Å². The summed E-state index contributed by atoms with van der Waals surface area (Å²) in [5.41, 5.74) is 8.02. The number of hydrogen-bond donors (Lipinski definition) is 3. The predicted molar refractivity (Wildman–Crippen MR) is 83.2 cm³/mol. The van der Waals surface area contributed by atoms with Gasteiger partial charge in [-0.15, -0.1) is 0 Å². The van der Waals surface area contributed by atoms with Crippen molar-refractivity contribution in [2.45, 2.75) is 6.54 Å². The van der Waals surface area contributed by atoms with Crippen molar-refractivity contribution in [3.05, 3.63) is 57.4 Å². The van der Waals surface area contributed by atoms with Crippen molar-refractivity contribution in [1.82, 2.24) is 4.98 Å². The summed E-state index contributed by atoms with van der Waals surface area (Å²) < 4.78 is 1.20. The normalized spacial score (nSPS) is 11.3. The summed E-state index contributed by atoms with van der Waals surface area (Å²) in [7, 11) is 0. The number of pyridine rings is 1. The maximum atomic E-state index is 8.62. The van der Waals surface area contributed by atoms with Crippen LogP contribution in [0.1, 0.15) is 11.3 Å². The third kappa shape index (κ3) is 3.82. The molecule has 2 rings (SSSR count). The van der Waals surface area contributed by atoms with Gasteiger partial charge in [-0.05, 0) is 64.6 Å². The van der Waals surface area contributed by atoms with Crippen LogP contribution in [-0.2, 0) is 6.54 Å². The molecule has 1 aromatic heterocycles. The summed E-state index contributed by atoms with van der Waals surface area (Å²) in [5, 5.41) is 14.9. The van der Waals surface area contributed by atoms with E-state index < -0.39 is 0 Å². The molecule has 0 spiro atoms. The lowest BCUT2D eigenvalue weighted by molar-refractivity contribution is 0.318.